The number of nitrogens with zero attached hydrogens (tertiary/aromatic N) is 5. The Hall–Kier alpha value is -9.19. The Morgan fingerprint density at radius 3 is 1.12 bits per heavy atom. The minimum Gasteiger partial charge on any atom is -0.309 e. The summed E-state index contributed by atoms with van der Waals surface area (Å²) in [6.07, 6.45) is 0. The molecular formula is C63H39N5. The highest BCUT2D eigenvalue weighted by Gasteiger charge is 2.19. The van der Waals surface area contributed by atoms with Gasteiger partial charge in [0, 0.05) is 49.6 Å². The van der Waals surface area contributed by atoms with Crippen LogP contribution in [0.3, 0.4) is 0 Å². The van der Waals surface area contributed by atoms with Gasteiger partial charge in [0.2, 0.25) is 0 Å². The minimum absolute atomic E-state index is 0.636. The van der Waals surface area contributed by atoms with E-state index in [2.05, 4.69) is 209 Å². The highest BCUT2D eigenvalue weighted by molar-refractivity contribution is 6.26. The highest BCUT2D eigenvalue weighted by Crippen LogP contribution is 2.42. The van der Waals surface area contributed by atoms with E-state index >= 15 is 0 Å². The second-order valence-electron chi connectivity index (χ2n) is 17.6. The molecule has 0 aliphatic carbocycles. The topological polar surface area (TPSA) is 48.5 Å². The summed E-state index contributed by atoms with van der Waals surface area (Å²) in [5.41, 5.74) is 12.2. The van der Waals surface area contributed by atoms with Crippen LogP contribution in [-0.2, 0) is 0 Å². The van der Waals surface area contributed by atoms with Gasteiger partial charge in [0.1, 0.15) is 0 Å². The van der Waals surface area contributed by atoms with E-state index in [1.807, 2.05) is 36.4 Å². The van der Waals surface area contributed by atoms with Crippen molar-refractivity contribution in [3.63, 3.8) is 0 Å². The van der Waals surface area contributed by atoms with Gasteiger partial charge in [-0.3, -0.25) is 0 Å². The van der Waals surface area contributed by atoms with Crippen LogP contribution in [0.4, 0.5) is 0 Å². The number of aromatic nitrogens is 5. The van der Waals surface area contributed by atoms with Crippen molar-refractivity contribution in [1.29, 1.82) is 0 Å². The molecule has 0 saturated carbocycles. The molecule has 0 N–H and O–H groups in total. The molecule has 0 bridgehead atoms. The summed E-state index contributed by atoms with van der Waals surface area (Å²) in [5.74, 6) is 1.92. The molecule has 0 saturated heterocycles. The normalized spacial score (nSPS) is 11.8. The molecule has 14 rings (SSSR count). The Bertz CT molecular complexity index is 4250. The number of fused-ring (bicyclic) bond motifs is 12. The maximum atomic E-state index is 5.12. The zero-order chi connectivity index (χ0) is 44.7. The van der Waals surface area contributed by atoms with Crippen molar-refractivity contribution in [2.24, 2.45) is 0 Å². The lowest BCUT2D eigenvalue weighted by Crippen LogP contribution is -2.00. The highest BCUT2D eigenvalue weighted by atomic mass is 15.0. The van der Waals surface area contributed by atoms with Crippen LogP contribution < -0.4 is 0 Å². The molecule has 3 heterocycles. The van der Waals surface area contributed by atoms with Crippen molar-refractivity contribution in [1.82, 2.24) is 24.1 Å². The van der Waals surface area contributed by atoms with Gasteiger partial charge in [-0.2, -0.15) is 0 Å². The summed E-state index contributed by atoms with van der Waals surface area (Å²) in [6.45, 7) is 0. The lowest BCUT2D eigenvalue weighted by atomic mass is 9.93. The molecule has 14 aromatic rings. The summed E-state index contributed by atoms with van der Waals surface area (Å²) < 4.78 is 4.80. The first-order valence-corrected chi connectivity index (χ1v) is 23.1. The molecule has 68 heavy (non-hydrogen) atoms. The van der Waals surface area contributed by atoms with Crippen LogP contribution in [-0.4, -0.2) is 24.1 Å². The van der Waals surface area contributed by atoms with E-state index in [1.165, 1.54) is 76.2 Å². The van der Waals surface area contributed by atoms with Gasteiger partial charge in [-0.25, -0.2) is 15.0 Å². The fourth-order valence-electron chi connectivity index (χ4n) is 10.6. The lowest BCUT2D eigenvalue weighted by Gasteiger charge is -2.15. The van der Waals surface area contributed by atoms with Crippen molar-refractivity contribution in [2.45, 2.75) is 0 Å². The van der Waals surface area contributed by atoms with E-state index in [0.29, 0.717) is 17.5 Å². The number of rotatable bonds is 6. The Labute approximate surface area is 391 Å². The molecule has 316 valence electrons. The van der Waals surface area contributed by atoms with E-state index in [1.54, 1.807) is 0 Å². The molecule has 5 heteroatoms. The van der Waals surface area contributed by atoms with E-state index < -0.39 is 0 Å². The Balaban J connectivity index is 0.948. The Kier molecular flexibility index (Phi) is 8.52. The Morgan fingerprint density at radius 2 is 0.574 bits per heavy atom. The van der Waals surface area contributed by atoms with E-state index in [0.717, 1.165) is 39.0 Å². The minimum atomic E-state index is 0.636. The van der Waals surface area contributed by atoms with Gasteiger partial charge in [0.05, 0.1) is 22.1 Å². The van der Waals surface area contributed by atoms with Crippen LogP contribution in [0.15, 0.2) is 237 Å². The third-order valence-corrected chi connectivity index (χ3v) is 13.7. The third-order valence-electron chi connectivity index (χ3n) is 13.7. The largest absolute Gasteiger partial charge is 0.309 e. The third kappa shape index (κ3) is 5.99. The van der Waals surface area contributed by atoms with Crippen molar-refractivity contribution < 1.29 is 0 Å². The number of benzene rings is 11. The standard InChI is InChI=1S/C63H39N5/c1-4-16-40(17-5-1)61-64-62(41-18-6-2-7-19-41)66-63(65-61)44-28-32-49-47-22-10-11-23-48(47)50-33-31-46(39-54(50)53(49)38-44)68-58-27-15-13-25-52(58)56-37-43(30-35-60(56)68)42-29-34-59-55(36-42)51-24-12-14-26-57(51)67(59)45-20-8-3-9-21-45/h1-39H. The van der Waals surface area contributed by atoms with Crippen molar-refractivity contribution in [3.05, 3.63) is 237 Å². The van der Waals surface area contributed by atoms with E-state index in [4.69, 9.17) is 15.0 Å². The van der Waals surface area contributed by atoms with Crippen LogP contribution in [0.1, 0.15) is 0 Å². The molecule has 0 spiro atoms. The lowest BCUT2D eigenvalue weighted by molar-refractivity contribution is 1.07. The van der Waals surface area contributed by atoms with Gasteiger partial charge in [-0.1, -0.05) is 170 Å². The molecule has 0 fully saturated rings. The first-order valence-electron chi connectivity index (χ1n) is 23.1. The average molecular weight is 866 g/mol. The maximum Gasteiger partial charge on any atom is 0.164 e. The smallest absolute Gasteiger partial charge is 0.164 e. The van der Waals surface area contributed by atoms with E-state index in [9.17, 15) is 0 Å². The van der Waals surface area contributed by atoms with Crippen molar-refractivity contribution in [2.75, 3.05) is 0 Å². The molecule has 5 nitrogen and oxygen atoms in total. The fraction of sp³-hybridized carbons (Fsp3) is 0. The predicted octanol–water partition coefficient (Wildman–Crippen LogP) is 16.2. The molecule has 0 atom stereocenters. The van der Waals surface area contributed by atoms with Gasteiger partial charge in [0.25, 0.3) is 0 Å². The molecule has 0 radical (unpaired) electrons. The van der Waals surface area contributed by atoms with Crippen LogP contribution in [0.5, 0.6) is 0 Å². The summed E-state index contributed by atoms with van der Waals surface area (Å²) in [4.78, 5) is 15.2. The molecule has 0 aliphatic rings. The molecule has 0 amide bonds. The number of hydrogen-bond acceptors (Lipinski definition) is 3. The monoisotopic (exact) mass is 865 g/mol. The van der Waals surface area contributed by atoms with Gasteiger partial charge in [-0.05, 0) is 110 Å². The van der Waals surface area contributed by atoms with Gasteiger partial charge in [-0.15, -0.1) is 0 Å². The van der Waals surface area contributed by atoms with E-state index in [-0.39, 0.29) is 0 Å². The van der Waals surface area contributed by atoms with Crippen LogP contribution >= 0.6 is 0 Å². The van der Waals surface area contributed by atoms with Crippen molar-refractivity contribution in [3.8, 4) is 56.7 Å². The summed E-state index contributed by atoms with van der Waals surface area (Å²) in [6, 6.07) is 84.8. The first-order chi connectivity index (χ1) is 33.7. The molecule has 0 unspecified atom stereocenters. The molecule has 11 aromatic carbocycles. The van der Waals surface area contributed by atoms with Crippen molar-refractivity contribution >= 4 is 75.9 Å². The van der Waals surface area contributed by atoms with Crippen LogP contribution in [0.25, 0.3) is 133 Å². The predicted molar refractivity (Wildman–Crippen MR) is 283 cm³/mol. The zero-order valence-corrected chi connectivity index (χ0v) is 36.8. The summed E-state index contributed by atoms with van der Waals surface area (Å²) in [7, 11) is 0. The van der Waals surface area contributed by atoms with Gasteiger partial charge >= 0.3 is 0 Å². The Morgan fingerprint density at radius 1 is 0.206 bits per heavy atom. The molecular weight excluding hydrogens is 827 g/mol. The van der Waals surface area contributed by atoms with Crippen LogP contribution in [0.2, 0.25) is 0 Å². The quantitative estimate of drug-likeness (QED) is 0.156. The fourth-order valence-corrected chi connectivity index (χ4v) is 10.6. The number of hydrogen-bond donors (Lipinski definition) is 0. The second-order valence-corrected chi connectivity index (χ2v) is 17.6. The molecule has 0 aliphatic heterocycles. The molecule has 3 aromatic heterocycles. The average Bonchev–Trinajstić information content (AvgIpc) is 3.93. The summed E-state index contributed by atoms with van der Waals surface area (Å²) >= 11 is 0. The first kappa shape index (κ1) is 38.1. The maximum absolute atomic E-state index is 5.12. The van der Waals surface area contributed by atoms with Crippen LogP contribution in [0, 0.1) is 0 Å². The van der Waals surface area contributed by atoms with Gasteiger partial charge < -0.3 is 9.13 Å². The number of para-hydroxylation sites is 3. The summed E-state index contributed by atoms with van der Waals surface area (Å²) in [5, 5.41) is 12.1. The van der Waals surface area contributed by atoms with Gasteiger partial charge in [0.15, 0.2) is 17.5 Å². The SMILES string of the molecule is c1ccc(-c2nc(-c3ccccc3)nc(-c3ccc4c5ccccc5c5ccc(-n6c7ccccc7c7cc(-c8ccc9c(c8)c8ccccc8n9-c8ccccc8)ccc76)cc5c4c3)n2)cc1. The zero-order valence-electron chi connectivity index (χ0n) is 36.8. The second kappa shape index (κ2) is 15.2.